The zero-order chi connectivity index (χ0) is 13.0. The first-order valence-corrected chi connectivity index (χ1v) is 5.74. The van der Waals surface area contributed by atoms with Gasteiger partial charge in [-0.25, -0.2) is 5.43 Å². The van der Waals surface area contributed by atoms with Crippen LogP contribution < -0.4 is 5.43 Å². The highest BCUT2D eigenvalue weighted by Gasteiger charge is 2.05. The molecule has 18 heavy (non-hydrogen) atoms. The molecule has 0 spiro atoms. The first kappa shape index (κ1) is 12.7. The maximum absolute atomic E-state index is 11.5. The molecular formula is C12H8Cl2N2O2. The van der Waals surface area contributed by atoms with Gasteiger partial charge in [-0.05, 0) is 29.8 Å². The maximum atomic E-state index is 11.5. The van der Waals surface area contributed by atoms with E-state index in [2.05, 4.69) is 10.5 Å². The Hall–Kier alpha value is -1.78. The van der Waals surface area contributed by atoms with Gasteiger partial charge in [0.2, 0.25) is 0 Å². The second-order valence-corrected chi connectivity index (χ2v) is 4.16. The van der Waals surface area contributed by atoms with Crippen molar-refractivity contribution in [1.82, 2.24) is 5.43 Å². The molecule has 1 heterocycles. The summed E-state index contributed by atoms with van der Waals surface area (Å²) in [6.07, 6.45) is 2.88. The van der Waals surface area contributed by atoms with E-state index in [4.69, 9.17) is 27.6 Å². The van der Waals surface area contributed by atoms with E-state index in [-0.39, 0.29) is 5.76 Å². The van der Waals surface area contributed by atoms with Crippen LogP contribution in [0.25, 0.3) is 0 Å². The summed E-state index contributed by atoms with van der Waals surface area (Å²) in [6, 6.07) is 8.20. The normalized spacial score (nSPS) is 10.8. The second-order valence-electron chi connectivity index (χ2n) is 3.35. The Morgan fingerprint density at radius 3 is 2.78 bits per heavy atom. The molecule has 0 aliphatic carbocycles. The van der Waals surface area contributed by atoms with E-state index in [0.29, 0.717) is 10.0 Å². The average Bonchev–Trinajstić information content (AvgIpc) is 2.87. The van der Waals surface area contributed by atoms with Gasteiger partial charge in [-0.1, -0.05) is 29.3 Å². The number of carbonyl (C=O) groups is 1. The number of nitrogens with one attached hydrogen (secondary N) is 1. The zero-order valence-electron chi connectivity index (χ0n) is 9.06. The van der Waals surface area contributed by atoms with Crippen LogP contribution >= 0.6 is 23.2 Å². The van der Waals surface area contributed by atoms with Crippen LogP contribution in [0, 0.1) is 0 Å². The summed E-state index contributed by atoms with van der Waals surface area (Å²) in [5.74, 6) is -0.224. The lowest BCUT2D eigenvalue weighted by molar-refractivity contribution is 0.0927. The van der Waals surface area contributed by atoms with Crippen LogP contribution in [-0.4, -0.2) is 12.1 Å². The van der Waals surface area contributed by atoms with Crippen molar-refractivity contribution in [2.75, 3.05) is 0 Å². The van der Waals surface area contributed by atoms with Crippen LogP contribution in [0.1, 0.15) is 16.1 Å². The van der Waals surface area contributed by atoms with Crippen LogP contribution in [0.4, 0.5) is 0 Å². The lowest BCUT2D eigenvalue weighted by Crippen LogP contribution is -2.16. The van der Waals surface area contributed by atoms with E-state index in [1.54, 1.807) is 30.3 Å². The molecule has 92 valence electrons. The Morgan fingerprint density at radius 2 is 2.11 bits per heavy atom. The molecular weight excluding hydrogens is 275 g/mol. The Kier molecular flexibility index (Phi) is 4.02. The number of amides is 1. The Balaban J connectivity index is 1.99. The van der Waals surface area contributed by atoms with E-state index in [1.807, 2.05) is 0 Å². The van der Waals surface area contributed by atoms with Crippen LogP contribution in [0.2, 0.25) is 10.0 Å². The summed E-state index contributed by atoms with van der Waals surface area (Å²) in [5.41, 5.74) is 3.05. The van der Waals surface area contributed by atoms with Crippen LogP contribution in [0.3, 0.4) is 0 Å². The molecule has 0 bridgehead atoms. The fourth-order valence-electron chi connectivity index (χ4n) is 1.22. The molecule has 0 aliphatic heterocycles. The second kappa shape index (κ2) is 5.71. The first-order valence-electron chi connectivity index (χ1n) is 4.99. The number of benzene rings is 1. The minimum atomic E-state index is -0.420. The molecule has 1 amide bonds. The van der Waals surface area contributed by atoms with Gasteiger partial charge in [-0.2, -0.15) is 5.10 Å². The van der Waals surface area contributed by atoms with Crippen molar-refractivity contribution < 1.29 is 9.21 Å². The van der Waals surface area contributed by atoms with Crippen LogP contribution in [-0.2, 0) is 0 Å². The third-order valence-electron chi connectivity index (χ3n) is 2.07. The largest absolute Gasteiger partial charge is 0.459 e. The number of hydrogen-bond acceptors (Lipinski definition) is 3. The lowest BCUT2D eigenvalue weighted by atomic mass is 10.2. The molecule has 0 saturated heterocycles. The SMILES string of the molecule is O=C(N/N=C/c1ccc(Cl)c(Cl)c1)c1ccco1. The fraction of sp³-hybridized carbons (Fsp3) is 0. The summed E-state index contributed by atoms with van der Waals surface area (Å²) < 4.78 is 4.91. The standard InChI is InChI=1S/C12H8Cl2N2O2/c13-9-4-3-8(6-10(9)14)7-15-16-12(17)11-2-1-5-18-11/h1-7H,(H,16,17)/b15-7+. The quantitative estimate of drug-likeness (QED) is 0.693. The van der Waals surface area contributed by atoms with E-state index >= 15 is 0 Å². The maximum Gasteiger partial charge on any atom is 0.307 e. The molecule has 1 aromatic carbocycles. The van der Waals surface area contributed by atoms with Crippen molar-refractivity contribution in [2.45, 2.75) is 0 Å². The highest BCUT2D eigenvalue weighted by molar-refractivity contribution is 6.42. The Bertz CT molecular complexity index is 580. The van der Waals surface area contributed by atoms with Crippen molar-refractivity contribution in [3.05, 3.63) is 58.0 Å². The highest BCUT2D eigenvalue weighted by atomic mass is 35.5. The molecule has 1 aromatic heterocycles. The summed E-state index contributed by atoms with van der Waals surface area (Å²) >= 11 is 11.6. The van der Waals surface area contributed by atoms with Gasteiger partial charge in [-0.15, -0.1) is 0 Å². The molecule has 2 rings (SSSR count). The number of nitrogens with zero attached hydrogens (tertiary/aromatic N) is 1. The monoisotopic (exact) mass is 282 g/mol. The molecule has 4 nitrogen and oxygen atoms in total. The first-order chi connectivity index (χ1) is 8.66. The minimum Gasteiger partial charge on any atom is -0.459 e. The van der Waals surface area contributed by atoms with Gasteiger partial charge in [0.15, 0.2) is 5.76 Å². The minimum absolute atomic E-state index is 0.196. The third kappa shape index (κ3) is 3.12. The number of hydrazone groups is 1. The van der Waals surface area contributed by atoms with Crippen molar-refractivity contribution in [3.63, 3.8) is 0 Å². The summed E-state index contributed by atoms with van der Waals surface area (Å²) in [6.45, 7) is 0. The van der Waals surface area contributed by atoms with Gasteiger partial charge in [0, 0.05) is 0 Å². The van der Waals surface area contributed by atoms with E-state index in [9.17, 15) is 4.79 Å². The number of halogens is 2. The Labute approximate surface area is 113 Å². The topological polar surface area (TPSA) is 54.6 Å². The molecule has 0 fully saturated rings. The van der Waals surface area contributed by atoms with Crippen molar-refractivity contribution >= 4 is 35.3 Å². The van der Waals surface area contributed by atoms with Gasteiger partial charge in [-0.3, -0.25) is 4.79 Å². The van der Waals surface area contributed by atoms with Gasteiger partial charge < -0.3 is 4.42 Å². The average molecular weight is 283 g/mol. The molecule has 0 radical (unpaired) electrons. The van der Waals surface area contributed by atoms with E-state index in [1.165, 1.54) is 12.5 Å². The fourth-order valence-corrected chi connectivity index (χ4v) is 1.53. The molecule has 1 N–H and O–H groups in total. The molecule has 0 unspecified atom stereocenters. The lowest BCUT2D eigenvalue weighted by Gasteiger charge is -1.98. The van der Waals surface area contributed by atoms with E-state index < -0.39 is 5.91 Å². The number of furan rings is 1. The van der Waals surface area contributed by atoms with Crippen molar-refractivity contribution in [3.8, 4) is 0 Å². The summed E-state index contributed by atoms with van der Waals surface area (Å²) in [7, 11) is 0. The molecule has 2 aromatic rings. The molecule has 0 atom stereocenters. The van der Waals surface area contributed by atoms with Gasteiger partial charge in [0.25, 0.3) is 0 Å². The van der Waals surface area contributed by atoms with Gasteiger partial charge in [0.1, 0.15) is 0 Å². The predicted octanol–water partition coefficient (Wildman–Crippen LogP) is 3.35. The molecule has 6 heteroatoms. The summed E-state index contributed by atoms with van der Waals surface area (Å²) in [4.78, 5) is 11.5. The Morgan fingerprint density at radius 1 is 1.28 bits per heavy atom. The zero-order valence-corrected chi connectivity index (χ0v) is 10.6. The highest BCUT2D eigenvalue weighted by Crippen LogP contribution is 2.21. The predicted molar refractivity (Wildman–Crippen MR) is 70.2 cm³/mol. The molecule has 0 saturated carbocycles. The number of carbonyl (C=O) groups excluding carboxylic acids is 1. The molecule has 0 aliphatic rings. The van der Waals surface area contributed by atoms with Crippen molar-refractivity contribution in [1.29, 1.82) is 0 Å². The number of hydrogen-bond donors (Lipinski definition) is 1. The smallest absolute Gasteiger partial charge is 0.307 e. The number of rotatable bonds is 3. The van der Waals surface area contributed by atoms with Crippen LogP contribution in [0.15, 0.2) is 46.1 Å². The third-order valence-corrected chi connectivity index (χ3v) is 2.81. The van der Waals surface area contributed by atoms with E-state index in [0.717, 1.165) is 5.56 Å². The summed E-state index contributed by atoms with van der Waals surface area (Å²) in [5, 5.41) is 4.68. The van der Waals surface area contributed by atoms with Gasteiger partial charge >= 0.3 is 5.91 Å². The van der Waals surface area contributed by atoms with Crippen molar-refractivity contribution in [2.24, 2.45) is 5.10 Å². The van der Waals surface area contributed by atoms with Gasteiger partial charge in [0.05, 0.1) is 22.5 Å². The van der Waals surface area contributed by atoms with Crippen LogP contribution in [0.5, 0.6) is 0 Å².